The van der Waals surface area contributed by atoms with Crippen molar-refractivity contribution in [3.05, 3.63) is 59.7 Å². The second kappa shape index (κ2) is 9.01. The quantitative estimate of drug-likeness (QED) is 0.753. The summed E-state index contributed by atoms with van der Waals surface area (Å²) in [5.74, 6) is -0.243. The Morgan fingerprint density at radius 1 is 1.00 bits per heavy atom. The van der Waals surface area contributed by atoms with E-state index in [-0.39, 0.29) is 10.8 Å². The minimum Gasteiger partial charge on any atom is -0.345 e. The Hall–Kier alpha value is -2.38. The highest BCUT2D eigenvalue weighted by Gasteiger charge is 2.17. The minimum absolute atomic E-state index is 0.0578. The Morgan fingerprint density at radius 3 is 2.19 bits per heavy atom. The highest BCUT2D eigenvalue weighted by Crippen LogP contribution is 2.19. The van der Waals surface area contributed by atoms with Gasteiger partial charge in [-0.3, -0.25) is 14.4 Å². The fraction of sp³-hybridized carbons (Fsp3) is 0.350. The summed E-state index contributed by atoms with van der Waals surface area (Å²) in [7, 11) is -0.518. The molecular weight excluding hydrogens is 362 g/mol. The summed E-state index contributed by atoms with van der Waals surface area (Å²) >= 11 is 0. The van der Waals surface area contributed by atoms with Crippen LogP contribution in [0.2, 0.25) is 0 Å². The van der Waals surface area contributed by atoms with Gasteiger partial charge >= 0.3 is 0 Å². The topological polar surface area (TPSA) is 69.7 Å². The first-order chi connectivity index (χ1) is 12.8. The molecule has 0 aromatic heterocycles. The monoisotopic (exact) mass is 389 g/mol. The SMILES string of the molecule is CCN(CC)Cc1ccc(NS(=O)(=O)c2cccc(C(=O)N(C)C)c2)cc1. The van der Waals surface area contributed by atoms with Gasteiger partial charge in [0, 0.05) is 31.9 Å². The van der Waals surface area contributed by atoms with Crippen LogP contribution in [0.4, 0.5) is 5.69 Å². The number of carbonyl (C=O) groups is 1. The summed E-state index contributed by atoms with van der Waals surface area (Å²) in [4.78, 5) is 15.8. The van der Waals surface area contributed by atoms with E-state index in [0.29, 0.717) is 11.3 Å². The summed E-state index contributed by atoms with van der Waals surface area (Å²) in [6.45, 7) is 6.98. The third-order valence-electron chi connectivity index (χ3n) is 4.30. The third kappa shape index (κ3) is 5.55. The van der Waals surface area contributed by atoms with Gasteiger partial charge in [0.05, 0.1) is 4.90 Å². The molecule has 0 unspecified atom stereocenters. The van der Waals surface area contributed by atoms with Gasteiger partial charge in [0.15, 0.2) is 0 Å². The molecule has 0 bridgehead atoms. The maximum Gasteiger partial charge on any atom is 0.261 e. The lowest BCUT2D eigenvalue weighted by Crippen LogP contribution is -2.22. The number of benzene rings is 2. The van der Waals surface area contributed by atoms with Crippen LogP contribution in [0.1, 0.15) is 29.8 Å². The molecule has 2 rings (SSSR count). The van der Waals surface area contributed by atoms with Crippen LogP contribution in [0.5, 0.6) is 0 Å². The summed E-state index contributed by atoms with van der Waals surface area (Å²) in [6.07, 6.45) is 0. The van der Waals surface area contributed by atoms with Crippen molar-refractivity contribution in [3.8, 4) is 0 Å². The number of nitrogens with zero attached hydrogens (tertiary/aromatic N) is 2. The fourth-order valence-electron chi connectivity index (χ4n) is 2.65. The Labute approximate surface area is 161 Å². The molecule has 0 heterocycles. The van der Waals surface area contributed by atoms with Crippen LogP contribution in [0, 0.1) is 0 Å². The zero-order chi connectivity index (χ0) is 20.0. The first kappa shape index (κ1) is 20.9. The van der Waals surface area contributed by atoms with E-state index < -0.39 is 10.0 Å². The largest absolute Gasteiger partial charge is 0.345 e. The molecule has 0 saturated heterocycles. The maximum absolute atomic E-state index is 12.7. The lowest BCUT2D eigenvalue weighted by Gasteiger charge is -2.18. The van der Waals surface area contributed by atoms with E-state index >= 15 is 0 Å². The molecule has 146 valence electrons. The zero-order valence-corrected chi connectivity index (χ0v) is 17.1. The van der Waals surface area contributed by atoms with E-state index in [0.717, 1.165) is 25.2 Å². The summed E-state index contributed by atoms with van der Waals surface area (Å²) in [5.41, 5.74) is 1.94. The van der Waals surface area contributed by atoms with Crippen LogP contribution >= 0.6 is 0 Å². The van der Waals surface area contributed by atoms with Gasteiger partial charge in [-0.05, 0) is 49.0 Å². The number of sulfonamides is 1. The standard InChI is InChI=1S/C20H27N3O3S/c1-5-23(6-2)15-16-10-12-18(13-11-16)21-27(25,26)19-9-7-8-17(14-19)20(24)22(3)4/h7-14,21H,5-6,15H2,1-4H3. The van der Waals surface area contributed by atoms with E-state index in [2.05, 4.69) is 23.5 Å². The third-order valence-corrected chi connectivity index (χ3v) is 5.68. The summed E-state index contributed by atoms with van der Waals surface area (Å²) in [5, 5.41) is 0. The van der Waals surface area contributed by atoms with Crippen molar-refractivity contribution in [2.24, 2.45) is 0 Å². The molecule has 0 aliphatic rings. The van der Waals surface area contributed by atoms with Gasteiger partial charge in [-0.25, -0.2) is 8.42 Å². The molecule has 0 aliphatic heterocycles. The molecule has 0 radical (unpaired) electrons. The maximum atomic E-state index is 12.7. The molecule has 27 heavy (non-hydrogen) atoms. The average Bonchev–Trinajstić information content (AvgIpc) is 2.66. The highest BCUT2D eigenvalue weighted by atomic mass is 32.2. The summed E-state index contributed by atoms with van der Waals surface area (Å²) in [6, 6.07) is 13.4. The molecule has 2 aromatic rings. The van der Waals surface area contributed by atoms with Crippen LogP contribution in [-0.4, -0.2) is 51.3 Å². The van der Waals surface area contributed by atoms with Gasteiger partial charge < -0.3 is 4.90 Å². The van der Waals surface area contributed by atoms with Gasteiger partial charge in [0.1, 0.15) is 0 Å². The first-order valence-electron chi connectivity index (χ1n) is 8.92. The number of hydrogen-bond acceptors (Lipinski definition) is 4. The van der Waals surface area contributed by atoms with Crippen molar-refractivity contribution in [1.29, 1.82) is 0 Å². The molecule has 7 heteroatoms. The Bertz CT molecular complexity index is 874. The van der Waals surface area contributed by atoms with E-state index in [9.17, 15) is 13.2 Å². The summed E-state index contributed by atoms with van der Waals surface area (Å²) < 4.78 is 27.9. The molecule has 2 aromatic carbocycles. The lowest BCUT2D eigenvalue weighted by atomic mass is 10.2. The molecule has 1 N–H and O–H groups in total. The van der Waals surface area contributed by atoms with Crippen molar-refractivity contribution in [2.45, 2.75) is 25.3 Å². The number of nitrogens with one attached hydrogen (secondary N) is 1. The Kier molecular flexibility index (Phi) is 6.98. The number of anilines is 1. The average molecular weight is 390 g/mol. The second-order valence-corrected chi connectivity index (χ2v) is 8.17. The number of amides is 1. The predicted octanol–water partition coefficient (Wildman–Crippen LogP) is 3.03. The van der Waals surface area contributed by atoms with E-state index in [1.54, 1.807) is 38.4 Å². The lowest BCUT2D eigenvalue weighted by molar-refractivity contribution is 0.0827. The van der Waals surface area contributed by atoms with Crippen LogP contribution in [0.15, 0.2) is 53.4 Å². The molecule has 0 saturated carbocycles. The van der Waals surface area contributed by atoms with E-state index in [1.165, 1.54) is 17.0 Å². The number of rotatable bonds is 8. The van der Waals surface area contributed by atoms with Crippen molar-refractivity contribution < 1.29 is 13.2 Å². The molecule has 0 spiro atoms. The van der Waals surface area contributed by atoms with Crippen molar-refractivity contribution in [3.63, 3.8) is 0 Å². The van der Waals surface area contributed by atoms with Crippen molar-refractivity contribution in [2.75, 3.05) is 31.9 Å². The molecule has 0 atom stereocenters. The van der Waals surface area contributed by atoms with Crippen LogP contribution < -0.4 is 4.72 Å². The highest BCUT2D eigenvalue weighted by molar-refractivity contribution is 7.92. The van der Waals surface area contributed by atoms with Crippen molar-refractivity contribution >= 4 is 21.6 Å². The Morgan fingerprint density at radius 2 is 1.63 bits per heavy atom. The predicted molar refractivity (Wildman–Crippen MR) is 108 cm³/mol. The number of hydrogen-bond donors (Lipinski definition) is 1. The molecule has 0 aliphatic carbocycles. The molecule has 0 fully saturated rings. The van der Waals surface area contributed by atoms with Gasteiger partial charge in [0.25, 0.3) is 15.9 Å². The molecular formula is C20H27N3O3S. The normalized spacial score (nSPS) is 11.4. The zero-order valence-electron chi connectivity index (χ0n) is 16.3. The fourth-order valence-corrected chi connectivity index (χ4v) is 3.76. The molecule has 1 amide bonds. The van der Waals surface area contributed by atoms with Gasteiger partial charge in [-0.15, -0.1) is 0 Å². The van der Waals surface area contributed by atoms with Crippen LogP contribution in [-0.2, 0) is 16.6 Å². The van der Waals surface area contributed by atoms with E-state index in [1.807, 2.05) is 12.1 Å². The van der Waals surface area contributed by atoms with E-state index in [4.69, 9.17) is 0 Å². The number of carbonyl (C=O) groups excluding carboxylic acids is 1. The van der Waals surface area contributed by atoms with Gasteiger partial charge in [0.2, 0.25) is 0 Å². The smallest absolute Gasteiger partial charge is 0.261 e. The minimum atomic E-state index is -3.77. The van der Waals surface area contributed by atoms with Crippen LogP contribution in [0.25, 0.3) is 0 Å². The molecule has 6 nitrogen and oxygen atoms in total. The van der Waals surface area contributed by atoms with Gasteiger partial charge in [-0.1, -0.05) is 32.0 Å². The first-order valence-corrected chi connectivity index (χ1v) is 10.4. The Balaban J connectivity index is 2.17. The second-order valence-electron chi connectivity index (χ2n) is 6.49. The van der Waals surface area contributed by atoms with Gasteiger partial charge in [-0.2, -0.15) is 0 Å². The van der Waals surface area contributed by atoms with Crippen molar-refractivity contribution in [1.82, 2.24) is 9.80 Å². The van der Waals surface area contributed by atoms with Crippen LogP contribution in [0.3, 0.4) is 0 Å².